The van der Waals surface area contributed by atoms with Crippen LogP contribution in [-0.2, 0) is 6.54 Å². The number of methoxy groups -OCH3 is 1. The minimum absolute atomic E-state index is 0.0809. The van der Waals surface area contributed by atoms with Crippen molar-refractivity contribution in [1.29, 1.82) is 0 Å². The molecule has 174 valence electrons. The molecule has 0 bridgehead atoms. The lowest BCUT2D eigenvalue weighted by molar-refractivity contribution is 0.407. The van der Waals surface area contributed by atoms with Crippen molar-refractivity contribution in [2.75, 3.05) is 50.1 Å². The summed E-state index contributed by atoms with van der Waals surface area (Å²) < 4.78 is 7.53. The molecule has 1 aliphatic heterocycles. The Balaban J connectivity index is 1.61. The maximum atomic E-state index is 8.80. The molecule has 33 heavy (non-hydrogen) atoms. The molecule has 0 amide bonds. The zero-order valence-corrected chi connectivity index (χ0v) is 19.2. The van der Waals surface area contributed by atoms with E-state index in [1.165, 1.54) is 0 Å². The van der Waals surface area contributed by atoms with E-state index < -0.39 is 0 Å². The van der Waals surface area contributed by atoms with E-state index in [0.717, 1.165) is 69.0 Å². The average Bonchev–Trinajstić information content (AvgIpc) is 3.03. The van der Waals surface area contributed by atoms with Gasteiger partial charge in [0.1, 0.15) is 11.3 Å². The third kappa shape index (κ3) is 5.44. The van der Waals surface area contributed by atoms with E-state index in [2.05, 4.69) is 60.7 Å². The zero-order valence-electron chi connectivity index (χ0n) is 19.2. The fourth-order valence-electron chi connectivity index (χ4n) is 3.96. The molecule has 11 nitrogen and oxygen atoms in total. The van der Waals surface area contributed by atoms with Crippen LogP contribution in [0, 0.1) is 0 Å². The van der Waals surface area contributed by atoms with Gasteiger partial charge < -0.3 is 20.3 Å². The molecule has 3 heterocycles. The van der Waals surface area contributed by atoms with E-state index in [1.54, 1.807) is 7.11 Å². The molecule has 0 spiro atoms. The summed E-state index contributed by atoms with van der Waals surface area (Å²) in [6.45, 7) is 7.45. The molecule has 2 N–H and O–H groups in total. The average molecular weight is 451 g/mol. The van der Waals surface area contributed by atoms with Gasteiger partial charge in [-0.05, 0) is 36.1 Å². The smallest absolute Gasteiger partial charge is 0.219 e. The van der Waals surface area contributed by atoms with E-state index in [0.29, 0.717) is 23.4 Å². The number of aromatic nitrogens is 4. The molecule has 1 fully saturated rings. The molecule has 0 atom stereocenters. The summed E-state index contributed by atoms with van der Waals surface area (Å²) in [5.41, 5.74) is 12.3. The molecule has 1 aromatic carbocycles. The third-order valence-corrected chi connectivity index (χ3v) is 5.66. The molecular weight excluding hydrogens is 420 g/mol. The van der Waals surface area contributed by atoms with Gasteiger partial charge >= 0.3 is 0 Å². The van der Waals surface area contributed by atoms with Crippen LogP contribution in [0.2, 0.25) is 0 Å². The van der Waals surface area contributed by atoms with Crippen molar-refractivity contribution in [2.24, 2.45) is 5.11 Å². The Morgan fingerprint density at radius 1 is 1.27 bits per heavy atom. The summed E-state index contributed by atoms with van der Waals surface area (Å²) in [5.74, 6) is 1.48. The number of hydrogen-bond acceptors (Lipinski definition) is 8. The number of rotatable bonds is 9. The first-order valence-corrected chi connectivity index (χ1v) is 11.4. The highest BCUT2D eigenvalue weighted by atomic mass is 16.5. The number of ether oxygens (including phenoxy) is 1. The van der Waals surface area contributed by atoms with Gasteiger partial charge in [-0.3, -0.25) is 4.68 Å². The van der Waals surface area contributed by atoms with Crippen LogP contribution < -0.4 is 20.3 Å². The van der Waals surface area contributed by atoms with E-state index in [4.69, 9.17) is 15.4 Å². The van der Waals surface area contributed by atoms with Crippen LogP contribution in [0.15, 0.2) is 29.5 Å². The van der Waals surface area contributed by atoms with Crippen molar-refractivity contribution < 1.29 is 4.74 Å². The van der Waals surface area contributed by atoms with Crippen LogP contribution in [0.4, 0.5) is 17.5 Å². The Kier molecular flexibility index (Phi) is 7.43. The SMILES string of the molecule is CCCCNc1nc(N=[N+]=[N-])nc2cn(Cc3ccc(N4CCCNCC4)cc3OC)nc12. The summed E-state index contributed by atoms with van der Waals surface area (Å²) in [4.78, 5) is 13.9. The van der Waals surface area contributed by atoms with E-state index in [-0.39, 0.29) is 5.95 Å². The van der Waals surface area contributed by atoms with Crippen LogP contribution in [0.3, 0.4) is 0 Å². The molecule has 0 saturated carbocycles. The number of anilines is 2. The minimum Gasteiger partial charge on any atom is -0.496 e. The normalized spacial score (nSPS) is 14.1. The van der Waals surface area contributed by atoms with Crippen molar-refractivity contribution in [3.8, 4) is 5.75 Å². The van der Waals surface area contributed by atoms with Crippen LogP contribution in [0.1, 0.15) is 31.7 Å². The van der Waals surface area contributed by atoms with Crippen molar-refractivity contribution in [3.63, 3.8) is 0 Å². The summed E-state index contributed by atoms with van der Waals surface area (Å²) >= 11 is 0. The van der Waals surface area contributed by atoms with Gasteiger partial charge in [0.25, 0.3) is 0 Å². The molecule has 3 aromatic rings. The number of fused-ring (bicyclic) bond motifs is 1. The van der Waals surface area contributed by atoms with Crippen LogP contribution in [0.25, 0.3) is 21.5 Å². The first-order chi connectivity index (χ1) is 16.2. The predicted molar refractivity (Wildman–Crippen MR) is 129 cm³/mol. The van der Waals surface area contributed by atoms with E-state index >= 15 is 0 Å². The largest absolute Gasteiger partial charge is 0.496 e. The summed E-state index contributed by atoms with van der Waals surface area (Å²) in [6.07, 6.45) is 5.02. The second-order valence-corrected chi connectivity index (χ2v) is 7.99. The van der Waals surface area contributed by atoms with Crippen LogP contribution >= 0.6 is 0 Å². The van der Waals surface area contributed by atoms with Gasteiger partial charge in [-0.1, -0.05) is 19.4 Å². The fraction of sp³-hybridized carbons (Fsp3) is 0.500. The molecule has 0 radical (unpaired) electrons. The van der Waals surface area contributed by atoms with Crippen LogP contribution in [-0.4, -0.2) is 59.6 Å². The van der Waals surface area contributed by atoms with Gasteiger partial charge in [0.2, 0.25) is 5.95 Å². The Morgan fingerprint density at radius 3 is 3.00 bits per heavy atom. The highest BCUT2D eigenvalue weighted by molar-refractivity contribution is 5.85. The first kappa shape index (κ1) is 22.6. The van der Waals surface area contributed by atoms with E-state index in [9.17, 15) is 0 Å². The highest BCUT2D eigenvalue weighted by Gasteiger charge is 2.15. The monoisotopic (exact) mass is 450 g/mol. The van der Waals surface area contributed by atoms with Gasteiger partial charge in [-0.2, -0.15) is 5.10 Å². The molecule has 0 aliphatic carbocycles. The Bertz CT molecular complexity index is 1130. The lowest BCUT2D eigenvalue weighted by Crippen LogP contribution is -2.27. The lowest BCUT2D eigenvalue weighted by Gasteiger charge is -2.23. The highest BCUT2D eigenvalue weighted by Crippen LogP contribution is 2.28. The molecule has 4 rings (SSSR count). The van der Waals surface area contributed by atoms with Crippen molar-refractivity contribution in [3.05, 3.63) is 40.4 Å². The number of azide groups is 1. The number of nitrogens with one attached hydrogen (secondary N) is 2. The molecule has 2 aromatic heterocycles. The topological polar surface area (TPSA) is 129 Å². The summed E-state index contributed by atoms with van der Waals surface area (Å²) in [6, 6.07) is 6.33. The lowest BCUT2D eigenvalue weighted by atomic mass is 10.1. The van der Waals surface area contributed by atoms with Gasteiger partial charge in [0, 0.05) is 48.4 Å². The predicted octanol–water partition coefficient (Wildman–Crippen LogP) is 3.84. The van der Waals surface area contributed by atoms with Gasteiger partial charge in [-0.25, -0.2) is 9.97 Å². The second kappa shape index (κ2) is 10.8. The third-order valence-electron chi connectivity index (χ3n) is 5.66. The van der Waals surface area contributed by atoms with Gasteiger partial charge in [0.15, 0.2) is 11.3 Å². The molecule has 1 aliphatic rings. The molecule has 0 unspecified atom stereocenters. The Labute approximate surface area is 192 Å². The van der Waals surface area contributed by atoms with Gasteiger partial charge in [-0.15, -0.1) is 0 Å². The Morgan fingerprint density at radius 2 is 2.18 bits per heavy atom. The standard InChI is InChI=1S/C22H30N10O/c1-3-4-9-25-21-20-18(26-22(27-21)28-30-23)15-32(29-20)14-16-6-7-17(13-19(16)33-2)31-11-5-8-24-10-12-31/h6-7,13,15,24H,3-5,8-12,14H2,1-2H3,(H,25,26,27). The fourth-order valence-corrected chi connectivity index (χ4v) is 3.96. The molecular formula is C22H30N10O. The van der Waals surface area contributed by atoms with Crippen molar-refractivity contribution in [2.45, 2.75) is 32.7 Å². The number of unbranched alkanes of at least 4 members (excludes halogenated alkanes) is 1. The van der Waals surface area contributed by atoms with Gasteiger partial charge in [0.05, 0.1) is 19.9 Å². The van der Waals surface area contributed by atoms with E-state index in [1.807, 2.05) is 10.9 Å². The minimum atomic E-state index is 0.0809. The Hall–Kier alpha value is -3.56. The first-order valence-electron chi connectivity index (χ1n) is 11.4. The maximum absolute atomic E-state index is 8.80. The zero-order chi connectivity index (χ0) is 23.0. The van der Waals surface area contributed by atoms with Crippen molar-refractivity contribution in [1.82, 2.24) is 25.1 Å². The summed E-state index contributed by atoms with van der Waals surface area (Å²) in [5, 5.41) is 15.0. The second-order valence-electron chi connectivity index (χ2n) is 7.99. The number of hydrogen-bond donors (Lipinski definition) is 2. The number of nitrogens with zero attached hydrogens (tertiary/aromatic N) is 8. The van der Waals surface area contributed by atoms with Crippen LogP contribution in [0.5, 0.6) is 5.75 Å². The quantitative estimate of drug-likeness (QED) is 0.219. The molecule has 1 saturated heterocycles. The number of benzene rings is 1. The summed E-state index contributed by atoms with van der Waals surface area (Å²) in [7, 11) is 1.69. The van der Waals surface area contributed by atoms with Crippen molar-refractivity contribution >= 4 is 28.5 Å². The molecule has 11 heteroatoms. The maximum Gasteiger partial charge on any atom is 0.219 e.